The van der Waals surface area contributed by atoms with Gasteiger partial charge in [0.25, 0.3) is 0 Å². The van der Waals surface area contributed by atoms with Crippen LogP contribution in [0.2, 0.25) is 0 Å². The Morgan fingerprint density at radius 2 is 2.06 bits per heavy atom. The molecule has 1 saturated heterocycles. The highest BCUT2D eigenvalue weighted by atomic mass is 16.6. The number of carbonyl (C=O) groups is 1. The first-order valence-corrected chi connectivity index (χ1v) is 12.4. The highest BCUT2D eigenvalue weighted by Crippen LogP contribution is 2.66. The van der Waals surface area contributed by atoms with Crippen LogP contribution in [-0.2, 0) is 26.1 Å². The van der Waals surface area contributed by atoms with Gasteiger partial charge in [0.15, 0.2) is 11.5 Å². The van der Waals surface area contributed by atoms with Crippen molar-refractivity contribution in [3.8, 4) is 11.5 Å². The molecule has 2 bridgehead atoms. The van der Waals surface area contributed by atoms with Crippen molar-refractivity contribution in [3.05, 3.63) is 23.3 Å². The lowest BCUT2D eigenvalue weighted by Crippen LogP contribution is -2.78. The van der Waals surface area contributed by atoms with Gasteiger partial charge in [0, 0.05) is 24.8 Å². The lowest BCUT2D eigenvalue weighted by atomic mass is 9.48. The average molecular weight is 475 g/mol. The number of esters is 1. The van der Waals surface area contributed by atoms with E-state index in [0.717, 1.165) is 31.4 Å². The van der Waals surface area contributed by atoms with E-state index >= 15 is 0 Å². The molecule has 34 heavy (non-hydrogen) atoms. The number of nitrogens with one attached hydrogen (secondary N) is 1. The Labute approximate surface area is 201 Å². The van der Waals surface area contributed by atoms with Crippen LogP contribution in [0.5, 0.6) is 11.5 Å². The summed E-state index contributed by atoms with van der Waals surface area (Å²) in [4.78, 5) is 15.4. The number of nitrogens with zero attached hydrogens (tertiary/aromatic N) is 1. The van der Waals surface area contributed by atoms with E-state index in [1.54, 1.807) is 20.1 Å². The van der Waals surface area contributed by atoms with Crippen LogP contribution in [0, 0.1) is 0 Å². The SMILES string of the molecule is CO[C@@]12CCC(N[C@H](C(=O)OC(C)(C)C)[C@@H](C)O)C3Oc4c(O)ccc5c4[C@@]31CCN(C)[C@@H]2C5. The van der Waals surface area contributed by atoms with Gasteiger partial charge < -0.3 is 29.3 Å². The third-order valence-corrected chi connectivity index (χ3v) is 8.59. The van der Waals surface area contributed by atoms with Gasteiger partial charge in [-0.05, 0) is 78.6 Å². The second-order valence-electron chi connectivity index (χ2n) is 11.6. The number of aliphatic hydroxyl groups excluding tert-OH is 1. The van der Waals surface area contributed by atoms with E-state index in [-0.39, 0.29) is 23.9 Å². The predicted molar refractivity (Wildman–Crippen MR) is 126 cm³/mol. The molecule has 8 nitrogen and oxygen atoms in total. The summed E-state index contributed by atoms with van der Waals surface area (Å²) >= 11 is 0. The first-order valence-electron chi connectivity index (χ1n) is 12.4. The van der Waals surface area contributed by atoms with Gasteiger partial charge in [0.2, 0.25) is 0 Å². The lowest BCUT2D eigenvalue weighted by molar-refractivity contribution is -0.204. The van der Waals surface area contributed by atoms with E-state index in [4.69, 9.17) is 14.2 Å². The van der Waals surface area contributed by atoms with E-state index in [1.807, 2.05) is 26.8 Å². The molecule has 7 atom stereocenters. The fraction of sp³-hybridized carbons (Fsp3) is 0.731. The number of carbonyl (C=O) groups excluding carboxylic acids is 1. The van der Waals surface area contributed by atoms with Gasteiger partial charge in [-0.2, -0.15) is 0 Å². The Balaban J connectivity index is 1.57. The molecule has 1 aromatic carbocycles. The van der Waals surface area contributed by atoms with Gasteiger partial charge in [0.05, 0.1) is 17.1 Å². The van der Waals surface area contributed by atoms with Crippen molar-refractivity contribution < 1.29 is 29.2 Å². The highest BCUT2D eigenvalue weighted by molar-refractivity contribution is 5.77. The standard InChI is InChI=1S/C26H38N2O6/c1-14(29)20(23(31)34-24(2,3)4)27-16-9-10-26(32-6)18-13-15-7-8-17(30)21-19(15)25(26,22(16)33-21)11-12-28(18)5/h7-8,14,16,18,20,22,27,29-30H,9-13H2,1-6H3/t14-,16?,18-,20+,22?,25+,26-/m1/s1. The molecule has 2 aliphatic carbocycles. The van der Waals surface area contributed by atoms with Gasteiger partial charge in [0.1, 0.15) is 17.7 Å². The molecule has 2 fully saturated rings. The molecule has 1 aromatic rings. The number of piperidine rings is 1. The number of methoxy groups -OCH3 is 1. The van der Waals surface area contributed by atoms with Gasteiger partial charge in [-0.15, -0.1) is 0 Å². The number of rotatable bonds is 5. The van der Waals surface area contributed by atoms with E-state index < -0.39 is 34.7 Å². The number of aliphatic hydroxyl groups is 1. The number of ether oxygens (including phenoxy) is 3. The number of aromatic hydroxyl groups is 1. The highest BCUT2D eigenvalue weighted by Gasteiger charge is 2.73. The Morgan fingerprint density at radius 1 is 1.32 bits per heavy atom. The number of phenols is 1. The molecule has 4 aliphatic rings. The fourth-order valence-electron chi connectivity index (χ4n) is 7.31. The largest absolute Gasteiger partial charge is 0.504 e. The molecular formula is C26H38N2O6. The van der Waals surface area contributed by atoms with Gasteiger partial charge in [-0.25, -0.2) is 0 Å². The summed E-state index contributed by atoms with van der Waals surface area (Å²) in [5.74, 6) is 0.210. The lowest BCUT2D eigenvalue weighted by Gasteiger charge is -2.65. The maximum absolute atomic E-state index is 13.0. The van der Waals surface area contributed by atoms with Crippen LogP contribution in [-0.4, -0.2) is 83.3 Å². The Morgan fingerprint density at radius 3 is 2.71 bits per heavy atom. The monoisotopic (exact) mass is 474 g/mol. The summed E-state index contributed by atoms with van der Waals surface area (Å²) in [6, 6.07) is 2.82. The molecule has 2 aliphatic heterocycles. The van der Waals surface area contributed by atoms with Crippen molar-refractivity contribution in [2.24, 2.45) is 0 Å². The Hall–Kier alpha value is -1.87. The molecule has 1 spiro atoms. The number of likely N-dealkylation sites (tertiary alicyclic amines) is 1. The zero-order chi connectivity index (χ0) is 24.6. The summed E-state index contributed by atoms with van der Waals surface area (Å²) in [5.41, 5.74) is 0.697. The van der Waals surface area contributed by atoms with E-state index in [0.29, 0.717) is 12.2 Å². The summed E-state index contributed by atoms with van der Waals surface area (Å²) in [7, 11) is 3.95. The van der Waals surface area contributed by atoms with Crippen LogP contribution in [0.15, 0.2) is 12.1 Å². The molecule has 188 valence electrons. The van der Waals surface area contributed by atoms with Crippen molar-refractivity contribution >= 4 is 5.97 Å². The summed E-state index contributed by atoms with van der Waals surface area (Å²) in [6.45, 7) is 7.94. The maximum Gasteiger partial charge on any atom is 0.326 e. The number of likely N-dealkylation sites (N-methyl/N-ethyl adjacent to an activating group) is 1. The van der Waals surface area contributed by atoms with Crippen LogP contribution in [0.25, 0.3) is 0 Å². The molecule has 0 radical (unpaired) electrons. The molecule has 5 rings (SSSR count). The van der Waals surface area contributed by atoms with Crippen molar-refractivity contribution in [1.29, 1.82) is 0 Å². The second kappa shape index (κ2) is 7.82. The smallest absolute Gasteiger partial charge is 0.326 e. The van der Waals surface area contributed by atoms with Gasteiger partial charge in [-0.1, -0.05) is 6.07 Å². The van der Waals surface area contributed by atoms with Crippen LogP contribution in [0.1, 0.15) is 58.1 Å². The van der Waals surface area contributed by atoms with Crippen LogP contribution < -0.4 is 10.1 Å². The van der Waals surface area contributed by atoms with E-state index in [1.165, 1.54) is 5.56 Å². The second-order valence-corrected chi connectivity index (χ2v) is 11.6. The Kier molecular flexibility index (Phi) is 5.48. The van der Waals surface area contributed by atoms with Crippen LogP contribution in [0.3, 0.4) is 0 Å². The number of hydrogen-bond donors (Lipinski definition) is 3. The minimum atomic E-state index is -0.939. The summed E-state index contributed by atoms with van der Waals surface area (Å²) < 4.78 is 18.7. The molecule has 2 heterocycles. The summed E-state index contributed by atoms with van der Waals surface area (Å²) in [6.07, 6.45) is 1.88. The van der Waals surface area contributed by atoms with Crippen LogP contribution >= 0.6 is 0 Å². The average Bonchev–Trinajstić information content (AvgIpc) is 3.11. The zero-order valence-electron chi connectivity index (χ0n) is 21.1. The third-order valence-electron chi connectivity index (χ3n) is 8.59. The molecule has 1 saturated carbocycles. The molecular weight excluding hydrogens is 436 g/mol. The fourth-order valence-corrected chi connectivity index (χ4v) is 7.31. The van der Waals surface area contributed by atoms with Crippen molar-refractivity contribution in [2.75, 3.05) is 20.7 Å². The van der Waals surface area contributed by atoms with Crippen molar-refractivity contribution in [3.63, 3.8) is 0 Å². The maximum atomic E-state index is 13.0. The van der Waals surface area contributed by atoms with Crippen molar-refractivity contribution in [2.45, 2.75) is 100 Å². The molecule has 8 heteroatoms. The van der Waals surface area contributed by atoms with Crippen molar-refractivity contribution in [1.82, 2.24) is 10.2 Å². The first kappa shape index (κ1) is 23.9. The van der Waals surface area contributed by atoms with Gasteiger partial charge >= 0.3 is 5.97 Å². The summed E-state index contributed by atoms with van der Waals surface area (Å²) in [5, 5.41) is 24.7. The minimum Gasteiger partial charge on any atom is -0.504 e. The third kappa shape index (κ3) is 3.15. The number of hydrogen-bond acceptors (Lipinski definition) is 8. The van der Waals surface area contributed by atoms with Gasteiger partial charge in [-0.3, -0.25) is 10.1 Å². The normalized spacial score (nSPS) is 35.8. The topological polar surface area (TPSA) is 100 Å². The molecule has 2 unspecified atom stereocenters. The number of phenolic OH excluding ortho intramolecular Hbond substituents is 1. The molecule has 0 aromatic heterocycles. The van der Waals surface area contributed by atoms with Crippen LogP contribution in [0.4, 0.5) is 0 Å². The Bertz CT molecular complexity index is 990. The quantitative estimate of drug-likeness (QED) is 0.557. The predicted octanol–water partition coefficient (Wildman–Crippen LogP) is 1.88. The minimum absolute atomic E-state index is 0.142. The zero-order valence-corrected chi connectivity index (χ0v) is 21.1. The molecule has 0 amide bonds. The van der Waals surface area contributed by atoms with E-state index in [9.17, 15) is 15.0 Å². The number of benzene rings is 1. The first-order chi connectivity index (χ1) is 15.9. The molecule has 3 N–H and O–H groups in total. The van der Waals surface area contributed by atoms with E-state index in [2.05, 4.69) is 17.3 Å².